The Morgan fingerprint density at radius 2 is 2.11 bits per heavy atom. The maximum absolute atomic E-state index is 12.0. The van der Waals surface area contributed by atoms with Crippen LogP contribution in [0.15, 0.2) is 39.5 Å². The van der Waals surface area contributed by atoms with Gasteiger partial charge in [0, 0.05) is 27.4 Å². The van der Waals surface area contributed by atoms with Crippen molar-refractivity contribution in [3.63, 3.8) is 0 Å². The Bertz CT molecular complexity index is 567. The normalized spacial score (nSPS) is 10.7. The lowest BCUT2D eigenvalue weighted by atomic mass is 10.2. The van der Waals surface area contributed by atoms with Crippen LogP contribution in [0.5, 0.6) is 0 Å². The Labute approximate surface area is 119 Å². The van der Waals surface area contributed by atoms with Crippen molar-refractivity contribution >= 4 is 27.7 Å². The van der Waals surface area contributed by atoms with Crippen molar-refractivity contribution in [2.75, 3.05) is 5.32 Å². The maximum Gasteiger partial charge on any atom is 0.339 e. The Balaban J connectivity index is 2.12. The Morgan fingerprint density at radius 3 is 2.74 bits per heavy atom. The highest BCUT2D eigenvalue weighted by atomic mass is 79.9. The molecule has 0 aliphatic heterocycles. The SMILES string of the molecule is CC(C)C[n+]1noc(NC(=O)c2ccccc2)c1Br. The van der Waals surface area contributed by atoms with Crippen LogP contribution in [0, 0.1) is 5.92 Å². The zero-order chi connectivity index (χ0) is 13.8. The average molecular weight is 325 g/mol. The van der Waals surface area contributed by atoms with Crippen molar-refractivity contribution < 1.29 is 14.0 Å². The summed E-state index contributed by atoms with van der Waals surface area (Å²) in [6.45, 7) is 4.87. The molecule has 2 aromatic rings. The van der Waals surface area contributed by atoms with E-state index in [4.69, 9.17) is 4.52 Å². The molecule has 0 spiro atoms. The van der Waals surface area contributed by atoms with Gasteiger partial charge in [-0.1, -0.05) is 32.0 Å². The van der Waals surface area contributed by atoms with Crippen molar-refractivity contribution in [3.8, 4) is 0 Å². The van der Waals surface area contributed by atoms with E-state index in [0.29, 0.717) is 28.5 Å². The van der Waals surface area contributed by atoms with Crippen molar-refractivity contribution in [1.29, 1.82) is 0 Å². The van der Waals surface area contributed by atoms with Gasteiger partial charge < -0.3 is 0 Å². The number of nitrogens with zero attached hydrogens (tertiary/aromatic N) is 2. The highest BCUT2D eigenvalue weighted by Crippen LogP contribution is 2.18. The molecule has 6 heteroatoms. The summed E-state index contributed by atoms with van der Waals surface area (Å²) in [7, 11) is 0. The number of rotatable bonds is 4. The minimum atomic E-state index is -0.228. The largest absolute Gasteiger partial charge is 0.339 e. The second-order valence-corrected chi connectivity index (χ2v) is 5.34. The van der Waals surface area contributed by atoms with E-state index >= 15 is 0 Å². The Morgan fingerprint density at radius 1 is 1.42 bits per heavy atom. The molecule has 1 amide bonds. The summed E-state index contributed by atoms with van der Waals surface area (Å²) in [4.78, 5) is 12.0. The number of nitrogens with one attached hydrogen (secondary N) is 1. The molecule has 100 valence electrons. The van der Waals surface area contributed by atoms with Crippen LogP contribution in [0.25, 0.3) is 0 Å². The number of amides is 1. The van der Waals surface area contributed by atoms with Gasteiger partial charge in [0.1, 0.15) is 0 Å². The number of hydrogen-bond acceptors (Lipinski definition) is 3. The molecule has 0 unspecified atom stereocenters. The summed E-state index contributed by atoms with van der Waals surface area (Å²) in [5.41, 5.74) is 0.571. The van der Waals surface area contributed by atoms with Crippen LogP contribution >= 0.6 is 15.9 Å². The molecule has 0 fully saturated rings. The second-order valence-electron chi connectivity index (χ2n) is 4.59. The average Bonchev–Trinajstić information content (AvgIpc) is 2.72. The molecule has 1 aromatic heterocycles. The number of halogens is 1. The molecule has 0 saturated carbocycles. The van der Waals surface area contributed by atoms with Crippen LogP contribution in [-0.2, 0) is 6.54 Å². The number of anilines is 1. The number of benzene rings is 1. The molecule has 0 atom stereocenters. The monoisotopic (exact) mass is 324 g/mol. The molecular formula is C13H15BrN3O2+. The predicted octanol–water partition coefficient (Wildman–Crippen LogP) is 2.63. The standard InChI is InChI=1S/C13H14BrN3O2/c1-9(2)8-17-11(14)13(19-16-17)15-12(18)10-6-4-3-5-7-10/h3-7,9H,8H2,1-2H3/p+1. The third-order valence-corrected chi connectivity index (χ3v) is 3.22. The molecule has 0 aliphatic rings. The Kier molecular flexibility index (Phi) is 4.31. The third kappa shape index (κ3) is 3.41. The first-order valence-corrected chi connectivity index (χ1v) is 6.79. The number of aromatic nitrogens is 2. The minimum absolute atomic E-state index is 0.228. The Hall–Kier alpha value is -1.69. The smallest absolute Gasteiger partial charge is 0.284 e. The zero-order valence-electron chi connectivity index (χ0n) is 10.8. The van der Waals surface area contributed by atoms with Gasteiger partial charge in [-0.25, -0.2) is 0 Å². The summed E-state index contributed by atoms with van der Waals surface area (Å²) < 4.78 is 7.42. The van der Waals surface area contributed by atoms with Crippen LogP contribution in [-0.4, -0.2) is 11.2 Å². The van der Waals surface area contributed by atoms with Crippen LogP contribution in [0.3, 0.4) is 0 Å². The fourth-order valence-corrected chi connectivity index (χ4v) is 1.96. The van der Waals surface area contributed by atoms with Gasteiger partial charge in [-0.2, -0.15) is 0 Å². The van der Waals surface area contributed by atoms with E-state index < -0.39 is 0 Å². The fourth-order valence-electron chi connectivity index (χ4n) is 1.58. The van der Waals surface area contributed by atoms with Crippen molar-refractivity contribution in [1.82, 2.24) is 5.27 Å². The van der Waals surface area contributed by atoms with Crippen LogP contribution < -0.4 is 10.00 Å². The molecule has 1 aromatic carbocycles. The first-order valence-electron chi connectivity index (χ1n) is 5.99. The van der Waals surface area contributed by atoms with Gasteiger partial charge in [0.25, 0.3) is 5.91 Å². The molecule has 1 N–H and O–H groups in total. The molecule has 0 radical (unpaired) electrons. The number of hydrogen-bond donors (Lipinski definition) is 1. The molecular weight excluding hydrogens is 310 g/mol. The van der Waals surface area contributed by atoms with E-state index in [0.717, 1.165) is 0 Å². The minimum Gasteiger partial charge on any atom is -0.284 e. The van der Waals surface area contributed by atoms with Gasteiger partial charge in [-0.05, 0) is 16.8 Å². The zero-order valence-corrected chi connectivity index (χ0v) is 12.3. The van der Waals surface area contributed by atoms with Gasteiger partial charge in [0.05, 0.1) is 0 Å². The van der Waals surface area contributed by atoms with E-state index in [1.807, 2.05) is 18.2 Å². The van der Waals surface area contributed by atoms with Crippen molar-refractivity contribution in [2.24, 2.45) is 5.92 Å². The summed E-state index contributed by atoms with van der Waals surface area (Å²) in [6, 6.07) is 8.95. The lowest BCUT2D eigenvalue weighted by molar-refractivity contribution is -0.775. The molecule has 1 heterocycles. The van der Waals surface area contributed by atoms with Gasteiger partial charge in [-0.15, -0.1) is 0 Å². The van der Waals surface area contributed by atoms with E-state index in [1.54, 1.807) is 16.8 Å². The van der Waals surface area contributed by atoms with Crippen LogP contribution in [0.2, 0.25) is 0 Å². The van der Waals surface area contributed by atoms with Gasteiger partial charge in [0.2, 0.25) is 5.27 Å². The fraction of sp³-hybridized carbons (Fsp3) is 0.308. The molecule has 19 heavy (non-hydrogen) atoms. The lowest BCUT2D eigenvalue weighted by Crippen LogP contribution is -2.39. The highest BCUT2D eigenvalue weighted by Gasteiger charge is 2.24. The van der Waals surface area contributed by atoms with Crippen LogP contribution in [0.1, 0.15) is 24.2 Å². The molecule has 0 bridgehead atoms. The quantitative estimate of drug-likeness (QED) is 0.879. The van der Waals surface area contributed by atoms with E-state index in [2.05, 4.69) is 40.4 Å². The second kappa shape index (κ2) is 5.97. The molecule has 2 rings (SSSR count). The highest BCUT2D eigenvalue weighted by molar-refractivity contribution is 9.10. The molecule has 5 nitrogen and oxygen atoms in total. The van der Waals surface area contributed by atoms with E-state index in [1.165, 1.54) is 0 Å². The topological polar surface area (TPSA) is 59.0 Å². The summed E-state index contributed by atoms with van der Waals surface area (Å²) >= 11 is 3.37. The molecule has 0 aliphatic carbocycles. The first-order chi connectivity index (χ1) is 9.08. The molecule has 0 saturated heterocycles. The lowest BCUT2D eigenvalue weighted by Gasteiger charge is -1.99. The van der Waals surface area contributed by atoms with Gasteiger partial charge in [-0.3, -0.25) is 14.6 Å². The maximum atomic E-state index is 12.0. The first kappa shape index (κ1) is 13.7. The van der Waals surface area contributed by atoms with Crippen molar-refractivity contribution in [2.45, 2.75) is 20.4 Å². The summed E-state index contributed by atoms with van der Waals surface area (Å²) in [5, 5.41) is 6.57. The van der Waals surface area contributed by atoms with Crippen LogP contribution in [0.4, 0.5) is 5.88 Å². The van der Waals surface area contributed by atoms with Gasteiger partial charge in [0.15, 0.2) is 6.54 Å². The predicted molar refractivity (Wildman–Crippen MR) is 73.6 cm³/mol. The van der Waals surface area contributed by atoms with E-state index in [9.17, 15) is 4.79 Å². The van der Waals surface area contributed by atoms with Crippen molar-refractivity contribution in [3.05, 3.63) is 40.5 Å². The third-order valence-electron chi connectivity index (χ3n) is 2.45. The van der Waals surface area contributed by atoms with Gasteiger partial charge >= 0.3 is 10.5 Å². The summed E-state index contributed by atoms with van der Waals surface area (Å²) in [6.07, 6.45) is 0. The number of carbonyl (C=O) groups excluding carboxylic acids is 1. The summed E-state index contributed by atoms with van der Waals surface area (Å²) in [5.74, 6) is 0.521. The number of carbonyl (C=O) groups is 1. The van der Waals surface area contributed by atoms with E-state index in [-0.39, 0.29) is 5.91 Å².